The van der Waals surface area contributed by atoms with Crippen molar-refractivity contribution in [2.45, 2.75) is 70.4 Å². The number of hydrogen-bond donors (Lipinski definition) is 1. The number of nitriles is 1. The van der Waals surface area contributed by atoms with Gasteiger partial charge in [-0.05, 0) is 32.6 Å². The molecule has 1 saturated heterocycles. The van der Waals surface area contributed by atoms with Crippen molar-refractivity contribution in [3.8, 4) is 6.07 Å². The number of ether oxygens (including phenoxy) is 1. The van der Waals surface area contributed by atoms with Gasteiger partial charge in [-0.3, -0.25) is 4.79 Å². The number of carbonyl (C=O) groups is 1. The summed E-state index contributed by atoms with van der Waals surface area (Å²) < 4.78 is 5.49. The highest BCUT2D eigenvalue weighted by Crippen LogP contribution is 2.35. The van der Waals surface area contributed by atoms with E-state index in [1.807, 2.05) is 6.92 Å². The van der Waals surface area contributed by atoms with Gasteiger partial charge in [0.15, 0.2) is 0 Å². The van der Waals surface area contributed by atoms with E-state index in [-0.39, 0.29) is 18.1 Å². The summed E-state index contributed by atoms with van der Waals surface area (Å²) in [4.78, 5) is 12.5. The van der Waals surface area contributed by atoms with E-state index in [0.717, 1.165) is 38.5 Å². The lowest BCUT2D eigenvalue weighted by molar-refractivity contribution is -0.130. The van der Waals surface area contributed by atoms with E-state index in [1.165, 1.54) is 0 Å². The molecule has 19 heavy (non-hydrogen) atoms. The van der Waals surface area contributed by atoms with Gasteiger partial charge in [0.25, 0.3) is 0 Å². The molecule has 0 radical (unpaired) electrons. The zero-order chi connectivity index (χ0) is 13.7. The predicted molar refractivity (Wildman–Crippen MR) is 72.3 cm³/mol. The molecule has 2 unspecified atom stereocenters. The third-order valence-corrected chi connectivity index (χ3v) is 4.43. The fourth-order valence-corrected chi connectivity index (χ4v) is 3.17. The summed E-state index contributed by atoms with van der Waals surface area (Å²) in [5, 5.41) is 12.6. The van der Waals surface area contributed by atoms with Crippen LogP contribution in [0.25, 0.3) is 0 Å². The Labute approximate surface area is 115 Å². The Hall–Kier alpha value is -1.08. The van der Waals surface area contributed by atoms with E-state index in [2.05, 4.69) is 11.4 Å². The van der Waals surface area contributed by atoms with Crippen LogP contribution < -0.4 is 5.32 Å². The average molecular weight is 264 g/mol. The van der Waals surface area contributed by atoms with E-state index in [9.17, 15) is 10.1 Å². The van der Waals surface area contributed by atoms with Gasteiger partial charge >= 0.3 is 0 Å². The molecule has 0 aromatic heterocycles. The molecule has 2 rings (SSSR count). The Morgan fingerprint density at radius 1 is 1.32 bits per heavy atom. The highest BCUT2D eigenvalue weighted by atomic mass is 16.5. The van der Waals surface area contributed by atoms with Crippen LogP contribution in [0.2, 0.25) is 0 Å². The van der Waals surface area contributed by atoms with E-state index in [1.54, 1.807) is 0 Å². The molecule has 106 valence electrons. The summed E-state index contributed by atoms with van der Waals surface area (Å²) >= 11 is 0. The molecule has 4 nitrogen and oxygen atoms in total. The summed E-state index contributed by atoms with van der Waals surface area (Å²) in [5.41, 5.74) is -0.780. The van der Waals surface area contributed by atoms with Gasteiger partial charge in [0, 0.05) is 12.6 Å². The summed E-state index contributed by atoms with van der Waals surface area (Å²) in [6.45, 7) is 2.73. The molecule has 1 saturated carbocycles. The van der Waals surface area contributed by atoms with E-state index in [0.29, 0.717) is 19.4 Å². The lowest BCUT2D eigenvalue weighted by atomic mass is 9.80. The minimum Gasteiger partial charge on any atom is -0.378 e. The quantitative estimate of drug-likeness (QED) is 0.780. The number of rotatable bonds is 2. The molecular formula is C15H24N2O2. The Kier molecular flexibility index (Phi) is 4.81. The summed E-state index contributed by atoms with van der Waals surface area (Å²) in [6, 6.07) is 2.49. The molecule has 1 N–H and O–H groups in total. The van der Waals surface area contributed by atoms with Crippen molar-refractivity contribution in [1.82, 2.24) is 5.32 Å². The number of amides is 1. The number of nitrogens with zero attached hydrogens (tertiary/aromatic N) is 1. The van der Waals surface area contributed by atoms with Crippen molar-refractivity contribution in [2.75, 3.05) is 6.61 Å². The second-order valence-electron chi connectivity index (χ2n) is 5.98. The van der Waals surface area contributed by atoms with Crippen LogP contribution in [0.5, 0.6) is 0 Å². The van der Waals surface area contributed by atoms with Crippen molar-refractivity contribution in [3.05, 3.63) is 0 Å². The lowest BCUT2D eigenvalue weighted by Gasteiger charge is -2.31. The number of hydrogen-bond acceptors (Lipinski definition) is 3. The van der Waals surface area contributed by atoms with Crippen LogP contribution in [0.15, 0.2) is 0 Å². The Balaban J connectivity index is 1.98. The van der Waals surface area contributed by atoms with Crippen molar-refractivity contribution in [2.24, 2.45) is 5.41 Å². The highest BCUT2D eigenvalue weighted by molar-refractivity contribution is 5.85. The third-order valence-electron chi connectivity index (χ3n) is 4.43. The van der Waals surface area contributed by atoms with Gasteiger partial charge in [-0.1, -0.05) is 25.7 Å². The molecule has 1 aliphatic heterocycles. The second-order valence-corrected chi connectivity index (χ2v) is 5.98. The van der Waals surface area contributed by atoms with Crippen LogP contribution in [0, 0.1) is 16.7 Å². The van der Waals surface area contributed by atoms with Gasteiger partial charge in [0.1, 0.15) is 5.41 Å². The van der Waals surface area contributed by atoms with Gasteiger partial charge < -0.3 is 10.1 Å². The van der Waals surface area contributed by atoms with Crippen LogP contribution in [0.4, 0.5) is 0 Å². The lowest BCUT2D eigenvalue weighted by Crippen LogP contribution is -2.47. The standard InChI is InChI=1S/C15H24N2O2/c1-12-10-13(6-9-19-12)17-14(18)15(11-16)7-4-2-3-5-8-15/h12-13H,2-10H2,1H3,(H,17,18). The van der Waals surface area contributed by atoms with E-state index in [4.69, 9.17) is 4.74 Å². The maximum atomic E-state index is 12.5. The largest absolute Gasteiger partial charge is 0.378 e. The maximum Gasteiger partial charge on any atom is 0.240 e. The van der Waals surface area contributed by atoms with Crippen LogP contribution in [-0.4, -0.2) is 24.7 Å². The van der Waals surface area contributed by atoms with Crippen LogP contribution in [0.3, 0.4) is 0 Å². The first-order chi connectivity index (χ1) is 9.16. The summed E-state index contributed by atoms with van der Waals surface area (Å²) in [6.07, 6.45) is 7.62. The van der Waals surface area contributed by atoms with Gasteiger partial charge in [-0.2, -0.15) is 5.26 Å². The molecule has 2 fully saturated rings. The molecule has 0 aromatic rings. The maximum absolute atomic E-state index is 12.5. The van der Waals surface area contributed by atoms with Crippen molar-refractivity contribution in [3.63, 3.8) is 0 Å². The van der Waals surface area contributed by atoms with Crippen molar-refractivity contribution >= 4 is 5.91 Å². The molecule has 0 spiro atoms. The van der Waals surface area contributed by atoms with Gasteiger partial charge in [-0.25, -0.2) is 0 Å². The highest BCUT2D eigenvalue weighted by Gasteiger charge is 2.40. The number of carbonyl (C=O) groups excluding carboxylic acids is 1. The molecule has 1 aliphatic carbocycles. The fraction of sp³-hybridized carbons (Fsp3) is 0.867. The Morgan fingerprint density at radius 2 is 2.00 bits per heavy atom. The smallest absolute Gasteiger partial charge is 0.240 e. The normalized spacial score (nSPS) is 30.9. The molecule has 2 atom stereocenters. The van der Waals surface area contributed by atoms with Gasteiger partial charge in [0.05, 0.1) is 12.2 Å². The first kappa shape index (κ1) is 14.3. The van der Waals surface area contributed by atoms with Crippen molar-refractivity contribution in [1.29, 1.82) is 5.26 Å². The summed E-state index contributed by atoms with van der Waals surface area (Å²) in [5.74, 6) is -0.0454. The second kappa shape index (κ2) is 6.38. The van der Waals surface area contributed by atoms with Crippen molar-refractivity contribution < 1.29 is 9.53 Å². The number of nitrogens with one attached hydrogen (secondary N) is 1. The zero-order valence-electron chi connectivity index (χ0n) is 11.8. The van der Waals surface area contributed by atoms with Gasteiger partial charge in [0.2, 0.25) is 5.91 Å². The molecule has 2 aliphatic rings. The first-order valence-corrected chi connectivity index (χ1v) is 7.50. The molecule has 1 heterocycles. The van der Waals surface area contributed by atoms with Crippen LogP contribution in [0.1, 0.15) is 58.3 Å². The SMILES string of the molecule is CC1CC(NC(=O)C2(C#N)CCCCCC2)CCO1. The Bertz CT molecular complexity index is 354. The third kappa shape index (κ3) is 3.48. The molecular weight excluding hydrogens is 240 g/mol. The molecule has 1 amide bonds. The monoisotopic (exact) mass is 264 g/mol. The van der Waals surface area contributed by atoms with Crippen LogP contribution in [-0.2, 0) is 9.53 Å². The van der Waals surface area contributed by atoms with Crippen LogP contribution >= 0.6 is 0 Å². The molecule has 4 heteroatoms. The fourth-order valence-electron chi connectivity index (χ4n) is 3.17. The van der Waals surface area contributed by atoms with E-state index >= 15 is 0 Å². The first-order valence-electron chi connectivity index (χ1n) is 7.50. The molecule has 0 bridgehead atoms. The molecule has 0 aromatic carbocycles. The topological polar surface area (TPSA) is 62.1 Å². The summed E-state index contributed by atoms with van der Waals surface area (Å²) in [7, 11) is 0. The minimum absolute atomic E-state index is 0.0454. The van der Waals surface area contributed by atoms with Gasteiger partial charge in [-0.15, -0.1) is 0 Å². The van der Waals surface area contributed by atoms with E-state index < -0.39 is 5.41 Å². The minimum atomic E-state index is -0.780. The Morgan fingerprint density at radius 3 is 2.58 bits per heavy atom. The zero-order valence-corrected chi connectivity index (χ0v) is 11.8. The predicted octanol–water partition coefficient (Wildman–Crippen LogP) is 2.53. The average Bonchev–Trinajstić information content (AvgIpc) is 2.65.